The standard InChI is InChI=1S/C26H26O7/c1-31-24(17-25(28)29)18-5-11-22(12-6-18)32-15-2-16-33-23-13-7-20(8-14-23)26(30)19-3-9-21(27)10-4-19/h3-14,24,27H,2,15-17H2,1H3,(H,28,29). The number of carboxylic acids is 1. The van der Waals surface area contributed by atoms with Gasteiger partial charge in [-0.05, 0) is 66.2 Å². The molecular weight excluding hydrogens is 424 g/mol. The smallest absolute Gasteiger partial charge is 0.306 e. The largest absolute Gasteiger partial charge is 0.508 e. The number of aromatic hydroxyl groups is 1. The molecule has 3 rings (SSSR count). The summed E-state index contributed by atoms with van der Waals surface area (Å²) in [6.07, 6.45) is 0.0723. The van der Waals surface area contributed by atoms with Crippen molar-refractivity contribution in [2.45, 2.75) is 18.9 Å². The molecule has 7 heteroatoms. The molecule has 0 aliphatic rings. The van der Waals surface area contributed by atoms with Crippen LogP contribution in [0.1, 0.15) is 40.4 Å². The molecule has 33 heavy (non-hydrogen) atoms. The Morgan fingerprint density at radius 1 is 0.788 bits per heavy atom. The van der Waals surface area contributed by atoms with Crippen molar-refractivity contribution in [1.29, 1.82) is 0 Å². The Kier molecular flexibility index (Phi) is 8.43. The van der Waals surface area contributed by atoms with Crippen LogP contribution in [0.2, 0.25) is 0 Å². The van der Waals surface area contributed by atoms with Gasteiger partial charge in [0, 0.05) is 24.7 Å². The number of phenols is 1. The molecule has 0 amide bonds. The van der Waals surface area contributed by atoms with E-state index in [1.54, 1.807) is 60.7 Å². The van der Waals surface area contributed by atoms with E-state index >= 15 is 0 Å². The third-order valence-corrected chi connectivity index (χ3v) is 4.97. The summed E-state index contributed by atoms with van der Waals surface area (Å²) in [7, 11) is 1.49. The number of ketones is 1. The number of hydrogen-bond donors (Lipinski definition) is 2. The predicted molar refractivity (Wildman–Crippen MR) is 122 cm³/mol. The van der Waals surface area contributed by atoms with Crippen LogP contribution < -0.4 is 9.47 Å². The topological polar surface area (TPSA) is 102 Å². The maximum atomic E-state index is 12.5. The van der Waals surface area contributed by atoms with Crippen LogP contribution in [0.3, 0.4) is 0 Å². The van der Waals surface area contributed by atoms with E-state index in [9.17, 15) is 14.7 Å². The Bertz CT molecular complexity index is 1040. The van der Waals surface area contributed by atoms with Crippen LogP contribution in [0.15, 0.2) is 72.8 Å². The number of rotatable bonds is 12. The van der Waals surface area contributed by atoms with Gasteiger partial charge in [0.1, 0.15) is 17.2 Å². The highest BCUT2D eigenvalue weighted by molar-refractivity contribution is 6.09. The van der Waals surface area contributed by atoms with E-state index in [0.717, 1.165) is 5.56 Å². The average molecular weight is 450 g/mol. The lowest BCUT2D eigenvalue weighted by molar-refractivity contribution is -0.139. The third kappa shape index (κ3) is 7.08. The molecule has 2 N–H and O–H groups in total. The van der Waals surface area contributed by atoms with E-state index in [0.29, 0.717) is 42.3 Å². The number of hydrogen-bond acceptors (Lipinski definition) is 6. The van der Waals surface area contributed by atoms with Crippen LogP contribution in [0.25, 0.3) is 0 Å². The zero-order chi connectivity index (χ0) is 23.6. The molecule has 0 saturated carbocycles. The molecule has 0 saturated heterocycles. The summed E-state index contributed by atoms with van der Waals surface area (Å²) in [5.41, 5.74) is 1.83. The molecule has 1 unspecified atom stereocenters. The van der Waals surface area contributed by atoms with Gasteiger partial charge in [0.15, 0.2) is 5.78 Å². The number of methoxy groups -OCH3 is 1. The number of carbonyl (C=O) groups is 2. The van der Waals surface area contributed by atoms with Crippen LogP contribution in [0, 0.1) is 0 Å². The molecule has 3 aromatic rings. The van der Waals surface area contributed by atoms with Gasteiger partial charge < -0.3 is 24.4 Å². The van der Waals surface area contributed by atoms with Gasteiger partial charge in [-0.1, -0.05) is 12.1 Å². The van der Waals surface area contributed by atoms with Crippen molar-refractivity contribution in [2.24, 2.45) is 0 Å². The van der Waals surface area contributed by atoms with E-state index < -0.39 is 12.1 Å². The molecule has 0 aliphatic carbocycles. The first-order valence-corrected chi connectivity index (χ1v) is 10.5. The summed E-state index contributed by atoms with van der Waals surface area (Å²) in [5.74, 6) is 0.417. The minimum Gasteiger partial charge on any atom is -0.508 e. The second-order valence-corrected chi connectivity index (χ2v) is 7.34. The van der Waals surface area contributed by atoms with Gasteiger partial charge in [0.2, 0.25) is 0 Å². The van der Waals surface area contributed by atoms with Crippen LogP contribution in [0.4, 0.5) is 0 Å². The van der Waals surface area contributed by atoms with E-state index in [2.05, 4.69) is 0 Å². The minimum atomic E-state index is -0.916. The maximum absolute atomic E-state index is 12.5. The van der Waals surface area contributed by atoms with Gasteiger partial charge in [0.05, 0.1) is 25.7 Å². The van der Waals surface area contributed by atoms with Crippen molar-refractivity contribution in [3.8, 4) is 17.2 Å². The molecule has 0 radical (unpaired) electrons. The normalized spacial score (nSPS) is 11.5. The number of phenolic OH excluding ortho intramolecular Hbond substituents is 1. The summed E-state index contributed by atoms with van der Waals surface area (Å²) in [6, 6.07) is 20.2. The first-order valence-electron chi connectivity index (χ1n) is 10.5. The fourth-order valence-corrected chi connectivity index (χ4v) is 3.20. The molecular formula is C26H26O7. The van der Waals surface area contributed by atoms with Crippen molar-refractivity contribution in [3.63, 3.8) is 0 Å². The van der Waals surface area contributed by atoms with Gasteiger partial charge in [-0.3, -0.25) is 9.59 Å². The molecule has 1 atom stereocenters. The zero-order valence-corrected chi connectivity index (χ0v) is 18.3. The van der Waals surface area contributed by atoms with E-state index in [1.807, 2.05) is 0 Å². The van der Waals surface area contributed by atoms with Crippen LogP contribution >= 0.6 is 0 Å². The number of carbonyl (C=O) groups excluding carboxylic acids is 1. The Morgan fingerprint density at radius 3 is 1.76 bits per heavy atom. The lowest BCUT2D eigenvalue weighted by atomic mass is 10.0. The highest BCUT2D eigenvalue weighted by Crippen LogP contribution is 2.23. The van der Waals surface area contributed by atoms with Gasteiger partial charge in [-0.25, -0.2) is 0 Å². The Morgan fingerprint density at radius 2 is 1.27 bits per heavy atom. The highest BCUT2D eigenvalue weighted by atomic mass is 16.5. The van der Waals surface area contributed by atoms with Gasteiger partial charge in [-0.15, -0.1) is 0 Å². The van der Waals surface area contributed by atoms with Gasteiger partial charge >= 0.3 is 5.97 Å². The van der Waals surface area contributed by atoms with Crippen molar-refractivity contribution in [2.75, 3.05) is 20.3 Å². The summed E-state index contributed by atoms with van der Waals surface area (Å²) in [5, 5.41) is 18.3. The van der Waals surface area contributed by atoms with Crippen LogP contribution in [-0.4, -0.2) is 42.3 Å². The van der Waals surface area contributed by atoms with Crippen LogP contribution in [0.5, 0.6) is 17.2 Å². The van der Waals surface area contributed by atoms with Gasteiger partial charge in [0.25, 0.3) is 0 Å². The Labute approximate surface area is 192 Å². The quantitative estimate of drug-likeness (QED) is 0.306. The lowest BCUT2D eigenvalue weighted by Crippen LogP contribution is -2.08. The molecule has 3 aromatic carbocycles. The summed E-state index contributed by atoms with van der Waals surface area (Å²) in [4.78, 5) is 23.3. The first kappa shape index (κ1) is 23.8. The summed E-state index contributed by atoms with van der Waals surface area (Å²) in [6.45, 7) is 0.910. The molecule has 7 nitrogen and oxygen atoms in total. The van der Waals surface area contributed by atoms with Crippen LogP contribution in [-0.2, 0) is 9.53 Å². The second kappa shape index (κ2) is 11.7. The van der Waals surface area contributed by atoms with Crippen molar-refractivity contribution >= 4 is 11.8 Å². The lowest BCUT2D eigenvalue weighted by Gasteiger charge is -2.14. The molecule has 0 spiro atoms. The summed E-state index contributed by atoms with van der Waals surface area (Å²) >= 11 is 0. The maximum Gasteiger partial charge on any atom is 0.306 e. The van der Waals surface area contributed by atoms with E-state index in [1.165, 1.54) is 19.2 Å². The molecule has 0 bridgehead atoms. The average Bonchev–Trinajstić information content (AvgIpc) is 2.83. The zero-order valence-electron chi connectivity index (χ0n) is 18.3. The van der Waals surface area contributed by atoms with Crippen molar-refractivity contribution in [1.82, 2.24) is 0 Å². The monoisotopic (exact) mass is 450 g/mol. The predicted octanol–water partition coefficient (Wildman–Crippen LogP) is 4.63. The first-order chi connectivity index (χ1) is 16.0. The Hall–Kier alpha value is -3.84. The van der Waals surface area contributed by atoms with E-state index in [-0.39, 0.29) is 18.0 Å². The molecule has 0 heterocycles. The summed E-state index contributed by atoms with van der Waals surface area (Å²) < 4.78 is 16.6. The minimum absolute atomic E-state index is 0.0972. The second-order valence-electron chi connectivity index (χ2n) is 7.34. The fourth-order valence-electron chi connectivity index (χ4n) is 3.20. The molecule has 0 aromatic heterocycles. The SMILES string of the molecule is COC(CC(=O)O)c1ccc(OCCCOc2ccc(C(=O)c3ccc(O)cc3)cc2)cc1. The molecule has 0 fully saturated rings. The molecule has 0 aliphatic heterocycles. The van der Waals surface area contributed by atoms with Crippen molar-refractivity contribution in [3.05, 3.63) is 89.5 Å². The number of ether oxygens (including phenoxy) is 3. The van der Waals surface area contributed by atoms with Crippen molar-refractivity contribution < 1.29 is 34.0 Å². The fraction of sp³-hybridized carbons (Fsp3) is 0.231. The molecule has 172 valence electrons. The third-order valence-electron chi connectivity index (χ3n) is 4.97. The van der Waals surface area contributed by atoms with Gasteiger partial charge in [-0.2, -0.15) is 0 Å². The Balaban J connectivity index is 1.41. The highest BCUT2D eigenvalue weighted by Gasteiger charge is 2.14. The number of carboxylic acid groups (broad SMARTS) is 1. The number of benzene rings is 3. The number of aliphatic carboxylic acids is 1. The van der Waals surface area contributed by atoms with E-state index in [4.69, 9.17) is 19.3 Å².